The van der Waals surface area contributed by atoms with Gasteiger partial charge in [-0.05, 0) is 24.0 Å². The van der Waals surface area contributed by atoms with Crippen molar-refractivity contribution >= 4 is 11.8 Å². The minimum atomic E-state index is -0.995. The van der Waals surface area contributed by atoms with E-state index in [9.17, 15) is 4.79 Å². The zero-order chi connectivity index (χ0) is 14.3. The van der Waals surface area contributed by atoms with E-state index in [1.54, 1.807) is 12.1 Å². The van der Waals surface area contributed by atoms with Gasteiger partial charge in [-0.15, -0.1) is 0 Å². The molecule has 0 saturated carbocycles. The largest absolute Gasteiger partial charge is 0.477 e. The van der Waals surface area contributed by atoms with Crippen LogP contribution in [-0.4, -0.2) is 22.6 Å². The number of aromatic carboxylic acids is 1. The molecule has 0 aliphatic heterocycles. The highest BCUT2D eigenvalue weighted by molar-refractivity contribution is 5.85. The molecule has 2 N–H and O–H groups in total. The quantitative estimate of drug-likeness (QED) is 0.701. The standard InChI is InChI=1S/C15H24N2O2/c1-4-5-6-10-15(2,3)11-16-13-9-7-8-12(17-13)14(18)19/h7-9H,4-6,10-11H2,1-3H3,(H,16,17)(H,18,19). The summed E-state index contributed by atoms with van der Waals surface area (Å²) in [6.07, 6.45) is 4.88. The number of rotatable bonds is 8. The maximum absolute atomic E-state index is 10.8. The summed E-state index contributed by atoms with van der Waals surface area (Å²) in [5.41, 5.74) is 0.268. The van der Waals surface area contributed by atoms with Gasteiger partial charge in [0, 0.05) is 6.54 Å². The smallest absolute Gasteiger partial charge is 0.354 e. The molecule has 0 unspecified atom stereocenters. The molecule has 0 bridgehead atoms. The van der Waals surface area contributed by atoms with E-state index in [0.717, 1.165) is 13.0 Å². The zero-order valence-corrected chi connectivity index (χ0v) is 12.1. The lowest BCUT2D eigenvalue weighted by molar-refractivity contribution is 0.0690. The van der Waals surface area contributed by atoms with Crippen molar-refractivity contribution in [2.45, 2.75) is 46.5 Å². The predicted molar refractivity (Wildman–Crippen MR) is 77.6 cm³/mol. The van der Waals surface area contributed by atoms with Crippen LogP contribution in [0.1, 0.15) is 56.9 Å². The number of carbonyl (C=O) groups is 1. The van der Waals surface area contributed by atoms with E-state index in [2.05, 4.69) is 31.1 Å². The van der Waals surface area contributed by atoms with Crippen LogP contribution >= 0.6 is 0 Å². The van der Waals surface area contributed by atoms with E-state index >= 15 is 0 Å². The van der Waals surface area contributed by atoms with Crippen molar-refractivity contribution in [1.29, 1.82) is 0 Å². The van der Waals surface area contributed by atoms with Gasteiger partial charge < -0.3 is 10.4 Å². The van der Waals surface area contributed by atoms with Crippen LogP contribution in [0.3, 0.4) is 0 Å². The molecule has 19 heavy (non-hydrogen) atoms. The van der Waals surface area contributed by atoms with Gasteiger partial charge in [-0.3, -0.25) is 0 Å². The van der Waals surface area contributed by atoms with E-state index < -0.39 is 5.97 Å². The van der Waals surface area contributed by atoms with Crippen molar-refractivity contribution in [2.24, 2.45) is 5.41 Å². The number of aromatic nitrogens is 1. The van der Waals surface area contributed by atoms with E-state index in [4.69, 9.17) is 5.11 Å². The molecule has 0 fully saturated rings. The van der Waals surface area contributed by atoms with Crippen LogP contribution in [-0.2, 0) is 0 Å². The third-order valence-electron chi connectivity index (χ3n) is 3.17. The summed E-state index contributed by atoms with van der Waals surface area (Å²) >= 11 is 0. The summed E-state index contributed by atoms with van der Waals surface area (Å²) in [5.74, 6) is -0.366. The molecule has 0 radical (unpaired) electrons. The van der Waals surface area contributed by atoms with E-state index in [1.807, 2.05) is 0 Å². The molecule has 106 valence electrons. The van der Waals surface area contributed by atoms with Crippen molar-refractivity contribution in [2.75, 3.05) is 11.9 Å². The third kappa shape index (κ3) is 5.73. The Labute approximate surface area is 115 Å². The maximum Gasteiger partial charge on any atom is 0.354 e. The number of nitrogens with one attached hydrogen (secondary N) is 1. The number of carboxylic acid groups (broad SMARTS) is 1. The van der Waals surface area contributed by atoms with Crippen LogP contribution in [0.25, 0.3) is 0 Å². The van der Waals surface area contributed by atoms with Crippen molar-refractivity contribution in [3.63, 3.8) is 0 Å². The maximum atomic E-state index is 10.8. The fraction of sp³-hybridized carbons (Fsp3) is 0.600. The normalized spacial score (nSPS) is 11.3. The predicted octanol–water partition coefficient (Wildman–Crippen LogP) is 3.80. The lowest BCUT2D eigenvalue weighted by Gasteiger charge is -2.25. The van der Waals surface area contributed by atoms with Gasteiger partial charge in [-0.25, -0.2) is 9.78 Å². The van der Waals surface area contributed by atoms with Crippen molar-refractivity contribution in [3.05, 3.63) is 23.9 Å². The first kappa shape index (κ1) is 15.5. The molecule has 0 aromatic carbocycles. The summed E-state index contributed by atoms with van der Waals surface area (Å²) in [4.78, 5) is 14.9. The second kappa shape index (κ2) is 7.12. The van der Waals surface area contributed by atoms with Crippen molar-refractivity contribution < 1.29 is 9.90 Å². The highest BCUT2D eigenvalue weighted by atomic mass is 16.4. The van der Waals surface area contributed by atoms with Crippen LogP contribution in [0.15, 0.2) is 18.2 Å². The van der Waals surface area contributed by atoms with Crippen molar-refractivity contribution in [3.8, 4) is 0 Å². The number of unbranched alkanes of at least 4 members (excludes halogenated alkanes) is 2. The lowest BCUT2D eigenvalue weighted by Crippen LogP contribution is -2.23. The molecule has 4 nitrogen and oxygen atoms in total. The fourth-order valence-corrected chi connectivity index (χ4v) is 1.92. The highest BCUT2D eigenvalue weighted by Crippen LogP contribution is 2.24. The minimum Gasteiger partial charge on any atom is -0.477 e. The monoisotopic (exact) mass is 264 g/mol. The van der Waals surface area contributed by atoms with Crippen LogP contribution in [0, 0.1) is 5.41 Å². The second-order valence-corrected chi connectivity index (χ2v) is 5.69. The Kier molecular flexibility index (Phi) is 5.80. The van der Waals surface area contributed by atoms with Gasteiger partial charge in [0.05, 0.1) is 0 Å². The molecular weight excluding hydrogens is 240 g/mol. The average Bonchev–Trinajstić information content (AvgIpc) is 2.37. The Morgan fingerprint density at radius 1 is 1.37 bits per heavy atom. The Hall–Kier alpha value is -1.58. The first-order chi connectivity index (χ1) is 8.94. The molecule has 0 atom stereocenters. The van der Waals surface area contributed by atoms with Gasteiger partial charge in [0.1, 0.15) is 5.82 Å². The summed E-state index contributed by atoms with van der Waals surface area (Å²) < 4.78 is 0. The Morgan fingerprint density at radius 2 is 2.11 bits per heavy atom. The molecule has 0 aliphatic rings. The summed E-state index contributed by atoms with van der Waals surface area (Å²) in [7, 11) is 0. The molecule has 4 heteroatoms. The molecule has 1 aromatic rings. The first-order valence-electron chi connectivity index (χ1n) is 6.89. The Morgan fingerprint density at radius 3 is 2.74 bits per heavy atom. The van der Waals surface area contributed by atoms with Gasteiger partial charge in [0.2, 0.25) is 0 Å². The number of nitrogens with zero attached hydrogens (tertiary/aromatic N) is 1. The lowest BCUT2D eigenvalue weighted by atomic mass is 9.87. The van der Waals surface area contributed by atoms with Crippen LogP contribution in [0.4, 0.5) is 5.82 Å². The molecule has 1 rings (SSSR count). The van der Waals surface area contributed by atoms with E-state index in [1.165, 1.54) is 25.3 Å². The Balaban J connectivity index is 2.51. The fourth-order valence-electron chi connectivity index (χ4n) is 1.92. The summed E-state index contributed by atoms with van der Waals surface area (Å²) in [5, 5.41) is 12.1. The van der Waals surface area contributed by atoms with Crippen molar-refractivity contribution in [1.82, 2.24) is 4.98 Å². The number of pyridine rings is 1. The number of carboxylic acids is 1. The van der Waals surface area contributed by atoms with Gasteiger partial charge in [-0.2, -0.15) is 0 Å². The minimum absolute atomic E-state index is 0.0776. The van der Waals surface area contributed by atoms with E-state index in [0.29, 0.717) is 5.82 Å². The molecular formula is C15H24N2O2. The molecule has 1 heterocycles. The third-order valence-corrected chi connectivity index (χ3v) is 3.17. The summed E-state index contributed by atoms with van der Waals surface area (Å²) in [6.45, 7) is 7.44. The molecule has 0 saturated heterocycles. The second-order valence-electron chi connectivity index (χ2n) is 5.69. The van der Waals surface area contributed by atoms with Gasteiger partial charge in [0.15, 0.2) is 5.69 Å². The SMILES string of the molecule is CCCCCC(C)(C)CNc1cccc(C(=O)O)n1. The summed E-state index contributed by atoms with van der Waals surface area (Å²) in [6, 6.07) is 5.01. The average molecular weight is 264 g/mol. The molecule has 0 amide bonds. The molecule has 1 aromatic heterocycles. The zero-order valence-electron chi connectivity index (χ0n) is 12.1. The Bertz CT molecular complexity index is 416. The number of hydrogen-bond donors (Lipinski definition) is 2. The number of hydrogen-bond acceptors (Lipinski definition) is 3. The van der Waals surface area contributed by atoms with Gasteiger partial charge in [0.25, 0.3) is 0 Å². The van der Waals surface area contributed by atoms with Crippen LogP contribution in [0.2, 0.25) is 0 Å². The van der Waals surface area contributed by atoms with Crippen LogP contribution in [0.5, 0.6) is 0 Å². The highest BCUT2D eigenvalue weighted by Gasteiger charge is 2.17. The first-order valence-corrected chi connectivity index (χ1v) is 6.89. The molecule has 0 aliphatic carbocycles. The molecule has 0 spiro atoms. The van der Waals surface area contributed by atoms with Gasteiger partial charge >= 0.3 is 5.97 Å². The van der Waals surface area contributed by atoms with E-state index in [-0.39, 0.29) is 11.1 Å². The van der Waals surface area contributed by atoms with Crippen LogP contribution < -0.4 is 5.32 Å². The topological polar surface area (TPSA) is 62.2 Å². The van der Waals surface area contributed by atoms with Gasteiger partial charge in [-0.1, -0.05) is 46.1 Å². The number of anilines is 1.